The number of rotatable bonds is 7. The van der Waals surface area contributed by atoms with Gasteiger partial charge in [0.05, 0.1) is 29.0 Å². The zero-order valence-corrected chi connectivity index (χ0v) is 22.0. The van der Waals surface area contributed by atoms with Crippen molar-refractivity contribution in [2.45, 2.75) is 32.3 Å². The molecule has 0 bridgehead atoms. The first kappa shape index (κ1) is 27.1. The Morgan fingerprint density at radius 2 is 1.77 bits per heavy atom. The SMILES string of the molecule is CCc1nc2c(C(=O)O)cc(C)nc2n1Cc1ccc2nc(-c3ccccc3NS(=O)(=O)C(F)(F)F)ccc2c1. The van der Waals surface area contributed by atoms with Crippen LogP contribution in [0.15, 0.2) is 60.7 Å². The van der Waals surface area contributed by atoms with Gasteiger partial charge in [-0.05, 0) is 42.8 Å². The Balaban J connectivity index is 1.51. The Morgan fingerprint density at radius 1 is 1.02 bits per heavy atom. The van der Waals surface area contributed by atoms with Crippen LogP contribution in [0.2, 0.25) is 0 Å². The maximum absolute atomic E-state index is 12.9. The molecule has 2 aromatic carbocycles. The summed E-state index contributed by atoms with van der Waals surface area (Å²) in [6.45, 7) is 4.01. The van der Waals surface area contributed by atoms with Crippen LogP contribution in [0.4, 0.5) is 18.9 Å². The van der Waals surface area contributed by atoms with Gasteiger partial charge in [-0.1, -0.05) is 37.3 Å². The standard InChI is InChI=1S/C27H22F3N5O4S/c1-3-23-33-24-19(26(36)37)12-15(2)31-25(24)35(23)14-16-8-10-20-17(13-16)9-11-21(32-20)18-6-4-5-7-22(18)34-40(38,39)27(28,29)30/h4-13,34H,3,14H2,1-2H3,(H,36,37). The van der Waals surface area contributed by atoms with E-state index in [0.717, 1.165) is 10.9 Å². The highest BCUT2D eigenvalue weighted by atomic mass is 32.2. The molecule has 5 aromatic rings. The van der Waals surface area contributed by atoms with Gasteiger partial charge in [-0.25, -0.2) is 19.7 Å². The molecule has 5 rings (SSSR count). The molecule has 0 radical (unpaired) electrons. The number of anilines is 1. The Morgan fingerprint density at radius 3 is 2.48 bits per heavy atom. The highest BCUT2D eigenvalue weighted by Crippen LogP contribution is 2.32. The number of imidazole rings is 1. The van der Waals surface area contributed by atoms with Crippen molar-refractivity contribution in [3.63, 3.8) is 0 Å². The Labute approximate surface area is 226 Å². The summed E-state index contributed by atoms with van der Waals surface area (Å²) in [7, 11) is -5.61. The summed E-state index contributed by atoms with van der Waals surface area (Å²) in [6.07, 6.45) is 0.560. The number of hydrogen-bond donors (Lipinski definition) is 2. The van der Waals surface area contributed by atoms with E-state index >= 15 is 0 Å². The number of hydrogen-bond acceptors (Lipinski definition) is 6. The lowest BCUT2D eigenvalue weighted by Gasteiger charge is -2.14. The number of aryl methyl sites for hydroxylation is 2. The third kappa shape index (κ3) is 4.95. The number of pyridine rings is 2. The monoisotopic (exact) mass is 569 g/mol. The third-order valence-corrected chi connectivity index (χ3v) is 7.40. The first-order chi connectivity index (χ1) is 18.9. The van der Waals surface area contributed by atoms with Gasteiger partial charge >= 0.3 is 21.5 Å². The van der Waals surface area contributed by atoms with Crippen LogP contribution >= 0.6 is 0 Å². The molecule has 2 N–H and O–H groups in total. The molecule has 0 amide bonds. The van der Waals surface area contributed by atoms with Gasteiger partial charge in [0.15, 0.2) is 5.65 Å². The fourth-order valence-corrected chi connectivity index (χ4v) is 5.05. The molecule has 0 aliphatic rings. The van der Waals surface area contributed by atoms with E-state index in [-0.39, 0.29) is 22.5 Å². The molecule has 9 nitrogen and oxygen atoms in total. The lowest BCUT2D eigenvalue weighted by Crippen LogP contribution is -2.30. The van der Waals surface area contributed by atoms with Crippen molar-refractivity contribution in [1.82, 2.24) is 19.5 Å². The number of alkyl halides is 3. The predicted molar refractivity (Wildman–Crippen MR) is 143 cm³/mol. The van der Waals surface area contributed by atoms with Crippen LogP contribution in [0.5, 0.6) is 0 Å². The normalized spacial score (nSPS) is 12.2. The summed E-state index contributed by atoms with van der Waals surface area (Å²) in [4.78, 5) is 25.4. The third-order valence-electron chi connectivity index (χ3n) is 6.30. The molecule has 0 aliphatic heterocycles. The zero-order chi connectivity index (χ0) is 28.8. The summed E-state index contributed by atoms with van der Waals surface area (Å²) < 4.78 is 65.7. The van der Waals surface area contributed by atoms with Crippen molar-refractivity contribution >= 4 is 43.7 Å². The summed E-state index contributed by atoms with van der Waals surface area (Å²) >= 11 is 0. The molecule has 0 saturated carbocycles. The number of para-hydroxylation sites is 1. The molecule has 0 unspecified atom stereocenters. The molecule has 206 valence electrons. The number of aromatic carboxylic acids is 1. The maximum Gasteiger partial charge on any atom is 0.516 e. The second-order valence-corrected chi connectivity index (χ2v) is 10.8. The topological polar surface area (TPSA) is 127 Å². The fourth-order valence-electron chi connectivity index (χ4n) is 4.46. The number of benzene rings is 2. The molecule has 40 heavy (non-hydrogen) atoms. The number of carboxylic acid groups (broad SMARTS) is 1. The highest BCUT2D eigenvalue weighted by molar-refractivity contribution is 7.93. The van der Waals surface area contributed by atoms with Crippen molar-refractivity contribution in [3.05, 3.63) is 83.3 Å². The van der Waals surface area contributed by atoms with Gasteiger partial charge in [0, 0.05) is 23.1 Å². The van der Waals surface area contributed by atoms with E-state index in [1.807, 2.05) is 23.6 Å². The van der Waals surface area contributed by atoms with E-state index in [9.17, 15) is 31.5 Å². The van der Waals surface area contributed by atoms with Gasteiger partial charge in [-0.3, -0.25) is 4.72 Å². The lowest BCUT2D eigenvalue weighted by atomic mass is 10.1. The molecule has 13 heteroatoms. The molecule has 0 saturated heterocycles. The first-order valence-corrected chi connectivity index (χ1v) is 13.5. The summed E-state index contributed by atoms with van der Waals surface area (Å²) in [5.41, 5.74) is -2.38. The van der Waals surface area contributed by atoms with Gasteiger partial charge in [0.1, 0.15) is 11.3 Å². The summed E-state index contributed by atoms with van der Waals surface area (Å²) in [5, 5.41) is 10.4. The average molecular weight is 570 g/mol. The van der Waals surface area contributed by atoms with Crippen LogP contribution < -0.4 is 4.72 Å². The zero-order valence-electron chi connectivity index (χ0n) is 21.2. The average Bonchev–Trinajstić information content (AvgIpc) is 3.24. The van der Waals surface area contributed by atoms with E-state index in [0.29, 0.717) is 41.2 Å². The van der Waals surface area contributed by atoms with Crippen LogP contribution in [-0.2, 0) is 23.0 Å². The molecular formula is C27H22F3N5O4S. The van der Waals surface area contributed by atoms with Crippen molar-refractivity contribution < 1.29 is 31.5 Å². The molecule has 3 aromatic heterocycles. The van der Waals surface area contributed by atoms with Crippen molar-refractivity contribution in [2.24, 2.45) is 0 Å². The van der Waals surface area contributed by atoms with Crippen LogP contribution in [0.3, 0.4) is 0 Å². The van der Waals surface area contributed by atoms with E-state index < -0.39 is 21.5 Å². The summed E-state index contributed by atoms with van der Waals surface area (Å²) in [6, 6.07) is 16.0. The number of nitrogens with zero attached hydrogens (tertiary/aromatic N) is 4. The van der Waals surface area contributed by atoms with Crippen LogP contribution in [0.1, 0.15) is 34.4 Å². The van der Waals surface area contributed by atoms with Crippen molar-refractivity contribution in [2.75, 3.05) is 4.72 Å². The minimum absolute atomic E-state index is 0.0870. The van der Waals surface area contributed by atoms with Gasteiger partial charge in [-0.2, -0.15) is 21.6 Å². The summed E-state index contributed by atoms with van der Waals surface area (Å²) in [5.74, 6) is -0.398. The number of fused-ring (bicyclic) bond motifs is 2. The number of halogens is 3. The van der Waals surface area contributed by atoms with E-state index in [1.165, 1.54) is 24.3 Å². The number of carboxylic acids is 1. The Bertz CT molecular complexity index is 1900. The maximum atomic E-state index is 12.9. The first-order valence-electron chi connectivity index (χ1n) is 12.1. The van der Waals surface area contributed by atoms with Crippen molar-refractivity contribution in [1.29, 1.82) is 0 Å². The number of aromatic nitrogens is 4. The van der Waals surface area contributed by atoms with Gasteiger partial charge in [0.2, 0.25) is 0 Å². The van der Waals surface area contributed by atoms with Crippen LogP contribution in [0, 0.1) is 6.92 Å². The molecule has 0 aliphatic carbocycles. The number of sulfonamides is 1. The Hall–Kier alpha value is -4.52. The second-order valence-electron chi connectivity index (χ2n) is 9.08. The fraction of sp³-hybridized carbons (Fsp3) is 0.185. The lowest BCUT2D eigenvalue weighted by molar-refractivity contribution is -0.0429. The van der Waals surface area contributed by atoms with E-state index in [2.05, 4.69) is 15.0 Å². The minimum atomic E-state index is -5.61. The van der Waals surface area contributed by atoms with Crippen molar-refractivity contribution in [3.8, 4) is 11.3 Å². The van der Waals surface area contributed by atoms with Gasteiger partial charge in [0.25, 0.3) is 0 Å². The molecule has 3 heterocycles. The van der Waals surface area contributed by atoms with E-state index in [4.69, 9.17) is 0 Å². The minimum Gasteiger partial charge on any atom is -0.478 e. The molecule has 0 atom stereocenters. The van der Waals surface area contributed by atoms with Gasteiger partial charge in [-0.15, -0.1) is 0 Å². The van der Waals surface area contributed by atoms with Crippen LogP contribution in [0.25, 0.3) is 33.3 Å². The second kappa shape index (κ2) is 9.90. The van der Waals surface area contributed by atoms with Gasteiger partial charge < -0.3 is 9.67 Å². The number of carbonyl (C=O) groups is 1. The largest absolute Gasteiger partial charge is 0.516 e. The predicted octanol–water partition coefficient (Wildman–Crippen LogP) is 5.53. The van der Waals surface area contributed by atoms with E-state index in [1.54, 1.807) is 35.9 Å². The Kier molecular flexibility index (Phi) is 6.70. The van der Waals surface area contributed by atoms with Crippen LogP contribution in [-0.4, -0.2) is 44.5 Å². The smallest absolute Gasteiger partial charge is 0.478 e. The quantitative estimate of drug-likeness (QED) is 0.264. The molecule has 0 fully saturated rings. The number of nitrogens with one attached hydrogen (secondary N) is 1. The highest BCUT2D eigenvalue weighted by Gasteiger charge is 2.46. The molecular weight excluding hydrogens is 547 g/mol. The molecule has 0 spiro atoms.